The third-order valence-corrected chi connectivity index (χ3v) is 3.33. The normalized spacial score (nSPS) is 10.7. The van der Waals surface area contributed by atoms with Gasteiger partial charge in [-0.15, -0.1) is 0 Å². The molecule has 114 valence electrons. The van der Waals surface area contributed by atoms with E-state index >= 15 is 0 Å². The largest absolute Gasteiger partial charge is 0.381 e. The summed E-state index contributed by atoms with van der Waals surface area (Å²) in [5.74, 6) is 0.265. The number of nitrogens with zero attached hydrogens (tertiary/aromatic N) is 1. The molecule has 0 aromatic rings. The van der Waals surface area contributed by atoms with Gasteiger partial charge < -0.3 is 9.64 Å². The summed E-state index contributed by atoms with van der Waals surface area (Å²) in [6, 6.07) is 0. The van der Waals surface area contributed by atoms with Crippen LogP contribution in [0.25, 0.3) is 0 Å². The fraction of sp³-hybridized carbons (Fsp3) is 0.938. The number of carbonyl (C=O) groups is 1. The van der Waals surface area contributed by atoms with E-state index in [0.717, 1.165) is 25.9 Å². The van der Waals surface area contributed by atoms with Gasteiger partial charge in [0.25, 0.3) is 0 Å². The maximum Gasteiger partial charge on any atom is 0.224 e. The molecule has 0 bridgehead atoms. The highest BCUT2D eigenvalue weighted by molar-refractivity contribution is 5.76. The summed E-state index contributed by atoms with van der Waals surface area (Å²) < 4.78 is 5.28. The van der Waals surface area contributed by atoms with Crippen molar-refractivity contribution in [1.82, 2.24) is 4.90 Å². The van der Waals surface area contributed by atoms with E-state index < -0.39 is 0 Å². The highest BCUT2D eigenvalue weighted by Crippen LogP contribution is 2.06. The van der Waals surface area contributed by atoms with Gasteiger partial charge in [-0.05, 0) is 19.8 Å². The molecule has 0 rings (SSSR count). The summed E-state index contributed by atoms with van der Waals surface area (Å²) >= 11 is 0. The van der Waals surface area contributed by atoms with Crippen LogP contribution in [0.3, 0.4) is 0 Å². The zero-order chi connectivity index (χ0) is 14.3. The van der Waals surface area contributed by atoms with E-state index in [4.69, 9.17) is 4.74 Å². The van der Waals surface area contributed by atoms with Crippen LogP contribution in [0.5, 0.6) is 0 Å². The van der Waals surface area contributed by atoms with Crippen LogP contribution in [0.2, 0.25) is 0 Å². The lowest BCUT2D eigenvalue weighted by Gasteiger charge is -2.22. The van der Waals surface area contributed by atoms with Crippen LogP contribution in [0.4, 0.5) is 0 Å². The Morgan fingerprint density at radius 1 is 0.895 bits per heavy atom. The summed E-state index contributed by atoms with van der Waals surface area (Å²) in [4.78, 5) is 14.2. The van der Waals surface area contributed by atoms with Crippen molar-refractivity contribution in [2.45, 2.75) is 72.1 Å². The van der Waals surface area contributed by atoms with E-state index in [2.05, 4.69) is 13.8 Å². The summed E-state index contributed by atoms with van der Waals surface area (Å²) in [6.07, 6.45) is 8.98. The zero-order valence-corrected chi connectivity index (χ0v) is 13.2. The second-order valence-electron chi connectivity index (χ2n) is 5.10. The van der Waals surface area contributed by atoms with Crippen LogP contribution >= 0.6 is 0 Å². The van der Waals surface area contributed by atoms with Crippen molar-refractivity contribution in [3.63, 3.8) is 0 Å². The van der Waals surface area contributed by atoms with Crippen LogP contribution in [0.1, 0.15) is 72.1 Å². The van der Waals surface area contributed by atoms with Crippen molar-refractivity contribution in [3.05, 3.63) is 0 Å². The van der Waals surface area contributed by atoms with Gasteiger partial charge in [-0.2, -0.15) is 0 Å². The van der Waals surface area contributed by atoms with Gasteiger partial charge in [0.15, 0.2) is 0 Å². The lowest BCUT2D eigenvalue weighted by atomic mass is 10.2. The lowest BCUT2D eigenvalue weighted by molar-refractivity contribution is -0.132. The molecule has 0 heterocycles. The second kappa shape index (κ2) is 13.9. The number of carbonyl (C=O) groups excluding carboxylic acids is 1. The summed E-state index contributed by atoms with van der Waals surface area (Å²) in [5.41, 5.74) is 0. The Bertz CT molecular complexity index is 207. The first kappa shape index (κ1) is 18.4. The van der Waals surface area contributed by atoms with E-state index in [0.29, 0.717) is 19.6 Å². The van der Waals surface area contributed by atoms with Crippen molar-refractivity contribution in [2.24, 2.45) is 0 Å². The maximum atomic E-state index is 12.1. The highest BCUT2D eigenvalue weighted by atomic mass is 16.5. The molecule has 0 unspecified atom stereocenters. The Morgan fingerprint density at radius 2 is 1.47 bits per heavy atom. The fourth-order valence-corrected chi connectivity index (χ4v) is 2.11. The molecule has 0 radical (unpaired) electrons. The number of unbranched alkanes of at least 4 members (excludes halogenated alkanes) is 5. The van der Waals surface area contributed by atoms with Gasteiger partial charge >= 0.3 is 0 Å². The number of rotatable bonds is 13. The Labute approximate surface area is 119 Å². The molecule has 1 amide bonds. The molecule has 0 atom stereocenters. The Kier molecular flexibility index (Phi) is 13.4. The summed E-state index contributed by atoms with van der Waals surface area (Å²) in [5, 5.41) is 0. The van der Waals surface area contributed by atoms with Crippen molar-refractivity contribution >= 4 is 5.91 Å². The molecule has 3 nitrogen and oxygen atoms in total. The quantitative estimate of drug-likeness (QED) is 0.474. The molecule has 19 heavy (non-hydrogen) atoms. The molecule has 0 aliphatic heterocycles. The van der Waals surface area contributed by atoms with Crippen LogP contribution in [0.15, 0.2) is 0 Å². The Morgan fingerprint density at radius 3 is 2.05 bits per heavy atom. The van der Waals surface area contributed by atoms with Gasteiger partial charge in [0, 0.05) is 19.7 Å². The third kappa shape index (κ3) is 11.0. The van der Waals surface area contributed by atoms with Crippen LogP contribution in [-0.4, -0.2) is 37.1 Å². The van der Waals surface area contributed by atoms with E-state index in [1.165, 1.54) is 32.1 Å². The molecular weight excluding hydrogens is 238 g/mol. The minimum Gasteiger partial charge on any atom is -0.381 e. The van der Waals surface area contributed by atoms with Crippen LogP contribution in [0, 0.1) is 0 Å². The standard InChI is InChI=1S/C16H33NO2/c1-4-7-9-11-14-17(13-10-8-5-2)16(18)12-15-19-6-3/h4-15H2,1-3H3. The van der Waals surface area contributed by atoms with Gasteiger partial charge in [-0.25, -0.2) is 0 Å². The zero-order valence-electron chi connectivity index (χ0n) is 13.2. The Balaban J connectivity index is 3.96. The van der Waals surface area contributed by atoms with Gasteiger partial charge in [-0.3, -0.25) is 4.79 Å². The predicted molar refractivity (Wildman–Crippen MR) is 81.4 cm³/mol. The van der Waals surface area contributed by atoms with Gasteiger partial charge in [-0.1, -0.05) is 46.0 Å². The molecule has 0 spiro atoms. The van der Waals surface area contributed by atoms with Crippen molar-refractivity contribution < 1.29 is 9.53 Å². The second-order valence-corrected chi connectivity index (χ2v) is 5.10. The van der Waals surface area contributed by atoms with E-state index in [1.54, 1.807) is 0 Å². The topological polar surface area (TPSA) is 29.5 Å². The average molecular weight is 271 g/mol. The summed E-state index contributed by atoms with van der Waals surface area (Å²) in [7, 11) is 0. The fourth-order valence-electron chi connectivity index (χ4n) is 2.11. The van der Waals surface area contributed by atoms with Crippen LogP contribution < -0.4 is 0 Å². The molecule has 0 aliphatic rings. The minimum atomic E-state index is 0.265. The van der Waals surface area contributed by atoms with Crippen molar-refractivity contribution in [3.8, 4) is 0 Å². The summed E-state index contributed by atoms with van der Waals surface area (Å²) in [6.45, 7) is 9.48. The van der Waals surface area contributed by atoms with Gasteiger partial charge in [0.1, 0.15) is 0 Å². The molecule has 0 fully saturated rings. The lowest BCUT2D eigenvalue weighted by Crippen LogP contribution is -2.33. The van der Waals surface area contributed by atoms with Gasteiger partial charge in [0.05, 0.1) is 13.0 Å². The molecule has 0 aromatic heterocycles. The first-order valence-electron chi connectivity index (χ1n) is 8.11. The average Bonchev–Trinajstić information content (AvgIpc) is 2.41. The number of ether oxygens (including phenoxy) is 1. The van der Waals surface area contributed by atoms with Gasteiger partial charge in [0.2, 0.25) is 5.91 Å². The number of hydrogen-bond donors (Lipinski definition) is 0. The smallest absolute Gasteiger partial charge is 0.224 e. The van der Waals surface area contributed by atoms with E-state index in [9.17, 15) is 4.79 Å². The molecule has 3 heteroatoms. The molecular formula is C16H33NO2. The van der Waals surface area contributed by atoms with E-state index in [1.807, 2.05) is 11.8 Å². The molecule has 0 aromatic carbocycles. The highest BCUT2D eigenvalue weighted by Gasteiger charge is 2.12. The maximum absolute atomic E-state index is 12.1. The Hall–Kier alpha value is -0.570. The number of hydrogen-bond acceptors (Lipinski definition) is 2. The SMILES string of the molecule is CCCCCCN(CCCCC)C(=O)CCOCC. The van der Waals surface area contributed by atoms with Crippen molar-refractivity contribution in [1.29, 1.82) is 0 Å². The molecule has 0 saturated carbocycles. The van der Waals surface area contributed by atoms with E-state index in [-0.39, 0.29) is 5.91 Å². The van der Waals surface area contributed by atoms with Crippen molar-refractivity contribution in [2.75, 3.05) is 26.3 Å². The molecule has 0 aliphatic carbocycles. The predicted octanol–water partition coefficient (Wildman–Crippen LogP) is 4.01. The minimum absolute atomic E-state index is 0.265. The monoisotopic (exact) mass is 271 g/mol. The van der Waals surface area contributed by atoms with Crippen LogP contribution in [-0.2, 0) is 9.53 Å². The molecule has 0 N–H and O–H groups in total. The molecule has 0 saturated heterocycles. The number of amides is 1. The first-order valence-corrected chi connectivity index (χ1v) is 8.11. The third-order valence-electron chi connectivity index (χ3n) is 3.33. The first-order chi connectivity index (χ1) is 9.26.